The molecule has 6 heteroatoms. The van der Waals surface area contributed by atoms with Crippen LogP contribution in [0.4, 0.5) is 11.4 Å². The summed E-state index contributed by atoms with van der Waals surface area (Å²) in [6.07, 6.45) is 3.51. The van der Waals surface area contributed by atoms with Gasteiger partial charge in [-0.3, -0.25) is 9.78 Å². The van der Waals surface area contributed by atoms with Gasteiger partial charge in [0.1, 0.15) is 0 Å². The van der Waals surface area contributed by atoms with Gasteiger partial charge in [0, 0.05) is 37.4 Å². The molecule has 1 aromatic carbocycles. The molecule has 0 saturated heterocycles. The van der Waals surface area contributed by atoms with E-state index in [0.717, 1.165) is 22.8 Å². The van der Waals surface area contributed by atoms with Gasteiger partial charge in [0.25, 0.3) is 5.91 Å². The molecule has 3 aromatic rings. The zero-order valence-corrected chi connectivity index (χ0v) is 16.0. The van der Waals surface area contributed by atoms with Crippen molar-refractivity contribution in [1.29, 1.82) is 0 Å². The second-order valence-electron chi connectivity index (χ2n) is 6.35. The predicted molar refractivity (Wildman–Crippen MR) is 107 cm³/mol. The van der Waals surface area contributed by atoms with Crippen molar-refractivity contribution in [3.05, 3.63) is 70.8 Å². The molecule has 0 fully saturated rings. The third-order valence-electron chi connectivity index (χ3n) is 4.27. The molecule has 134 valence electrons. The molecule has 26 heavy (non-hydrogen) atoms. The monoisotopic (exact) mass is 368 g/mol. The Morgan fingerprint density at radius 3 is 2.58 bits per heavy atom. The Kier molecular flexibility index (Phi) is 5.00. The molecule has 2 heterocycles. The van der Waals surface area contributed by atoms with E-state index in [4.69, 9.17) is 11.6 Å². The zero-order valence-electron chi connectivity index (χ0n) is 15.2. The van der Waals surface area contributed by atoms with Crippen molar-refractivity contribution in [2.24, 2.45) is 0 Å². The molecule has 0 atom stereocenters. The first-order valence-corrected chi connectivity index (χ1v) is 8.64. The molecular weight excluding hydrogens is 348 g/mol. The van der Waals surface area contributed by atoms with Crippen LogP contribution in [0.15, 0.2) is 48.8 Å². The summed E-state index contributed by atoms with van der Waals surface area (Å²) >= 11 is 6.29. The minimum absolute atomic E-state index is 0.165. The Balaban J connectivity index is 1.89. The summed E-state index contributed by atoms with van der Waals surface area (Å²) in [6, 6.07) is 11.2. The SMILES string of the molecule is Cc1cc(C(=O)Nc2ccc(N(C)C)c(Cl)c2)c(C)n1-c1cccnc1. The standard InChI is InChI=1S/C20H21ClN4O/c1-13-10-17(14(2)25(13)16-6-5-9-22-12-16)20(26)23-15-7-8-19(24(3)4)18(21)11-15/h5-12H,1-4H3,(H,23,26). The Hall–Kier alpha value is -2.79. The first kappa shape index (κ1) is 18.0. The van der Waals surface area contributed by atoms with Crippen LogP contribution < -0.4 is 10.2 Å². The van der Waals surface area contributed by atoms with Crippen LogP contribution in [-0.2, 0) is 0 Å². The fourth-order valence-corrected chi connectivity index (χ4v) is 3.37. The van der Waals surface area contributed by atoms with Crippen molar-refractivity contribution in [1.82, 2.24) is 9.55 Å². The summed E-state index contributed by atoms with van der Waals surface area (Å²) in [5.74, 6) is -0.165. The van der Waals surface area contributed by atoms with Crippen LogP contribution in [0.5, 0.6) is 0 Å². The number of benzene rings is 1. The minimum atomic E-state index is -0.165. The van der Waals surface area contributed by atoms with Crippen LogP contribution in [0.1, 0.15) is 21.7 Å². The second kappa shape index (κ2) is 7.22. The van der Waals surface area contributed by atoms with Crippen molar-refractivity contribution >= 4 is 28.9 Å². The lowest BCUT2D eigenvalue weighted by Crippen LogP contribution is -2.14. The number of carbonyl (C=O) groups is 1. The van der Waals surface area contributed by atoms with E-state index in [0.29, 0.717) is 16.3 Å². The van der Waals surface area contributed by atoms with E-state index in [1.165, 1.54) is 0 Å². The topological polar surface area (TPSA) is 50.2 Å². The van der Waals surface area contributed by atoms with Gasteiger partial charge >= 0.3 is 0 Å². The number of aryl methyl sites for hydroxylation is 1. The van der Waals surface area contributed by atoms with E-state index in [2.05, 4.69) is 10.3 Å². The molecule has 2 aromatic heterocycles. The fraction of sp³-hybridized carbons (Fsp3) is 0.200. The molecule has 0 saturated carbocycles. The van der Waals surface area contributed by atoms with Gasteiger partial charge in [0.15, 0.2) is 0 Å². The zero-order chi connectivity index (χ0) is 18.8. The van der Waals surface area contributed by atoms with Gasteiger partial charge in [0.05, 0.1) is 28.2 Å². The van der Waals surface area contributed by atoms with E-state index in [9.17, 15) is 4.79 Å². The van der Waals surface area contributed by atoms with Gasteiger partial charge in [-0.15, -0.1) is 0 Å². The number of carbonyl (C=O) groups excluding carboxylic acids is 1. The third-order valence-corrected chi connectivity index (χ3v) is 4.57. The number of halogens is 1. The summed E-state index contributed by atoms with van der Waals surface area (Å²) in [4.78, 5) is 18.9. The summed E-state index contributed by atoms with van der Waals surface area (Å²) < 4.78 is 2.02. The van der Waals surface area contributed by atoms with E-state index in [-0.39, 0.29) is 5.91 Å². The predicted octanol–water partition coefficient (Wildman–Crippen LogP) is 4.46. The lowest BCUT2D eigenvalue weighted by Gasteiger charge is -2.15. The number of pyridine rings is 1. The molecule has 0 aliphatic rings. The van der Waals surface area contributed by atoms with Gasteiger partial charge in [-0.1, -0.05) is 11.6 Å². The number of rotatable bonds is 4. The summed E-state index contributed by atoms with van der Waals surface area (Å²) in [5, 5.41) is 3.52. The Morgan fingerprint density at radius 1 is 1.19 bits per heavy atom. The largest absolute Gasteiger partial charge is 0.376 e. The number of hydrogen-bond acceptors (Lipinski definition) is 3. The normalized spacial score (nSPS) is 10.7. The van der Waals surface area contributed by atoms with Crippen molar-refractivity contribution < 1.29 is 4.79 Å². The first-order chi connectivity index (χ1) is 12.4. The van der Waals surface area contributed by atoms with Crippen LogP contribution in [0.25, 0.3) is 5.69 Å². The molecule has 0 radical (unpaired) electrons. The highest BCUT2D eigenvalue weighted by atomic mass is 35.5. The van der Waals surface area contributed by atoms with Crippen LogP contribution in [0.2, 0.25) is 5.02 Å². The molecule has 1 amide bonds. The fourth-order valence-electron chi connectivity index (χ4n) is 3.02. The molecule has 1 N–H and O–H groups in total. The average Bonchev–Trinajstić information content (AvgIpc) is 2.90. The Morgan fingerprint density at radius 2 is 1.96 bits per heavy atom. The highest BCUT2D eigenvalue weighted by Crippen LogP contribution is 2.28. The third kappa shape index (κ3) is 3.44. The smallest absolute Gasteiger partial charge is 0.257 e. The lowest BCUT2D eigenvalue weighted by molar-refractivity contribution is 0.102. The van der Waals surface area contributed by atoms with E-state index >= 15 is 0 Å². The quantitative estimate of drug-likeness (QED) is 0.739. The van der Waals surface area contributed by atoms with E-state index < -0.39 is 0 Å². The average molecular weight is 369 g/mol. The van der Waals surface area contributed by atoms with Crippen LogP contribution in [-0.4, -0.2) is 29.6 Å². The van der Waals surface area contributed by atoms with Gasteiger partial charge in [-0.25, -0.2) is 0 Å². The second-order valence-corrected chi connectivity index (χ2v) is 6.75. The molecule has 5 nitrogen and oxygen atoms in total. The number of hydrogen-bond donors (Lipinski definition) is 1. The molecule has 0 aliphatic carbocycles. The molecule has 0 spiro atoms. The van der Waals surface area contributed by atoms with Gasteiger partial charge < -0.3 is 14.8 Å². The highest BCUT2D eigenvalue weighted by Gasteiger charge is 2.17. The van der Waals surface area contributed by atoms with Crippen molar-refractivity contribution in [2.75, 3.05) is 24.3 Å². The maximum Gasteiger partial charge on any atom is 0.257 e. The van der Waals surface area contributed by atoms with Crippen molar-refractivity contribution in [3.63, 3.8) is 0 Å². The van der Waals surface area contributed by atoms with Crippen LogP contribution >= 0.6 is 11.6 Å². The van der Waals surface area contributed by atoms with Gasteiger partial charge in [-0.2, -0.15) is 0 Å². The highest BCUT2D eigenvalue weighted by molar-refractivity contribution is 6.33. The van der Waals surface area contributed by atoms with E-state index in [1.54, 1.807) is 18.5 Å². The summed E-state index contributed by atoms with van der Waals surface area (Å²) in [7, 11) is 3.85. The number of aromatic nitrogens is 2. The Bertz CT molecular complexity index is 948. The molecule has 3 rings (SSSR count). The van der Waals surface area contributed by atoms with Gasteiger partial charge in [0.2, 0.25) is 0 Å². The molecular formula is C20H21ClN4O. The van der Waals surface area contributed by atoms with Gasteiger partial charge in [-0.05, 0) is 50.2 Å². The number of anilines is 2. The number of nitrogens with one attached hydrogen (secondary N) is 1. The Labute approximate surface area is 158 Å². The molecule has 0 bridgehead atoms. The lowest BCUT2D eigenvalue weighted by atomic mass is 10.2. The maximum atomic E-state index is 12.8. The first-order valence-electron chi connectivity index (χ1n) is 8.26. The molecule has 0 unspecified atom stereocenters. The van der Waals surface area contributed by atoms with Crippen molar-refractivity contribution in [3.8, 4) is 5.69 Å². The van der Waals surface area contributed by atoms with E-state index in [1.807, 2.05) is 67.7 Å². The van der Waals surface area contributed by atoms with Crippen LogP contribution in [0, 0.1) is 13.8 Å². The minimum Gasteiger partial charge on any atom is -0.376 e. The number of amides is 1. The summed E-state index contributed by atoms with van der Waals surface area (Å²) in [5.41, 5.74) is 4.96. The van der Waals surface area contributed by atoms with Crippen molar-refractivity contribution in [2.45, 2.75) is 13.8 Å². The number of nitrogens with zero attached hydrogens (tertiary/aromatic N) is 3. The summed E-state index contributed by atoms with van der Waals surface area (Å²) in [6.45, 7) is 3.90. The van der Waals surface area contributed by atoms with Crippen LogP contribution in [0.3, 0.4) is 0 Å². The maximum absolute atomic E-state index is 12.8. The molecule has 0 aliphatic heterocycles.